The molecule has 0 spiro atoms. The van der Waals surface area contributed by atoms with Crippen LogP contribution in [0.2, 0.25) is 0 Å². The van der Waals surface area contributed by atoms with Crippen LogP contribution in [0.5, 0.6) is 0 Å². The maximum absolute atomic E-state index is 12.3. The summed E-state index contributed by atoms with van der Waals surface area (Å²) >= 11 is 0. The summed E-state index contributed by atoms with van der Waals surface area (Å²) in [7, 11) is 0. The first kappa shape index (κ1) is 16.4. The molecule has 0 bridgehead atoms. The summed E-state index contributed by atoms with van der Waals surface area (Å²) in [6.07, 6.45) is 3.32. The van der Waals surface area contributed by atoms with Gasteiger partial charge in [-0.1, -0.05) is 36.4 Å². The monoisotopic (exact) mass is 323 g/mol. The first-order valence-electron chi connectivity index (χ1n) is 8.65. The maximum atomic E-state index is 12.3. The Morgan fingerprint density at radius 1 is 1.12 bits per heavy atom. The molecular formula is C20H25N3O. The SMILES string of the molecule is Nc1ccccc1CCC(=O)NC1CCCN(c2ccccc2)C1. The molecule has 0 aliphatic carbocycles. The number of para-hydroxylation sites is 2. The Balaban J connectivity index is 1.50. The molecule has 1 atom stereocenters. The first-order valence-corrected chi connectivity index (χ1v) is 8.65. The van der Waals surface area contributed by atoms with E-state index in [0.717, 1.165) is 37.2 Å². The molecule has 126 valence electrons. The van der Waals surface area contributed by atoms with Crippen LogP contribution in [0.25, 0.3) is 0 Å². The molecule has 4 heteroatoms. The number of carbonyl (C=O) groups is 1. The van der Waals surface area contributed by atoms with Gasteiger partial charge in [0.25, 0.3) is 0 Å². The molecular weight excluding hydrogens is 298 g/mol. The summed E-state index contributed by atoms with van der Waals surface area (Å²) < 4.78 is 0. The van der Waals surface area contributed by atoms with E-state index < -0.39 is 0 Å². The molecule has 1 aliphatic rings. The van der Waals surface area contributed by atoms with E-state index in [1.54, 1.807) is 0 Å². The second-order valence-corrected chi connectivity index (χ2v) is 6.39. The molecule has 1 amide bonds. The van der Waals surface area contributed by atoms with Gasteiger partial charge in [-0.25, -0.2) is 0 Å². The van der Waals surface area contributed by atoms with E-state index in [0.29, 0.717) is 12.8 Å². The van der Waals surface area contributed by atoms with Crippen LogP contribution in [0, 0.1) is 0 Å². The minimum absolute atomic E-state index is 0.109. The molecule has 3 rings (SSSR count). The number of anilines is 2. The fraction of sp³-hybridized carbons (Fsp3) is 0.350. The topological polar surface area (TPSA) is 58.4 Å². The quantitative estimate of drug-likeness (QED) is 0.832. The highest BCUT2D eigenvalue weighted by Crippen LogP contribution is 2.19. The number of hydrogen-bond donors (Lipinski definition) is 2. The van der Waals surface area contributed by atoms with Gasteiger partial charge in [0.15, 0.2) is 0 Å². The normalized spacial score (nSPS) is 17.5. The fourth-order valence-electron chi connectivity index (χ4n) is 3.28. The molecule has 3 N–H and O–H groups in total. The predicted molar refractivity (Wildman–Crippen MR) is 99.0 cm³/mol. The van der Waals surface area contributed by atoms with E-state index in [1.165, 1.54) is 5.69 Å². The Hall–Kier alpha value is -2.49. The van der Waals surface area contributed by atoms with Crippen molar-refractivity contribution in [3.63, 3.8) is 0 Å². The maximum Gasteiger partial charge on any atom is 0.220 e. The minimum Gasteiger partial charge on any atom is -0.399 e. The highest BCUT2D eigenvalue weighted by atomic mass is 16.1. The lowest BCUT2D eigenvalue weighted by Gasteiger charge is -2.34. The third-order valence-corrected chi connectivity index (χ3v) is 4.58. The Morgan fingerprint density at radius 3 is 2.67 bits per heavy atom. The van der Waals surface area contributed by atoms with Gasteiger partial charge in [-0.05, 0) is 43.0 Å². The van der Waals surface area contributed by atoms with E-state index in [4.69, 9.17) is 5.73 Å². The molecule has 2 aromatic rings. The number of rotatable bonds is 5. The number of nitrogens with two attached hydrogens (primary N) is 1. The highest BCUT2D eigenvalue weighted by molar-refractivity contribution is 5.77. The number of benzene rings is 2. The van der Waals surface area contributed by atoms with Crippen LogP contribution < -0.4 is 16.0 Å². The molecule has 1 unspecified atom stereocenters. The Kier molecular flexibility index (Phi) is 5.36. The molecule has 0 radical (unpaired) electrons. The average molecular weight is 323 g/mol. The molecule has 1 aliphatic heterocycles. The van der Waals surface area contributed by atoms with E-state index in [2.05, 4.69) is 34.5 Å². The Labute approximate surface area is 143 Å². The van der Waals surface area contributed by atoms with Crippen molar-refractivity contribution in [2.75, 3.05) is 23.7 Å². The Morgan fingerprint density at radius 2 is 1.88 bits per heavy atom. The van der Waals surface area contributed by atoms with E-state index in [1.807, 2.05) is 30.3 Å². The largest absolute Gasteiger partial charge is 0.399 e. The van der Waals surface area contributed by atoms with Crippen molar-refractivity contribution in [2.24, 2.45) is 0 Å². The molecule has 1 heterocycles. The fourth-order valence-corrected chi connectivity index (χ4v) is 3.28. The van der Waals surface area contributed by atoms with Crippen molar-refractivity contribution in [3.8, 4) is 0 Å². The molecule has 2 aromatic carbocycles. The number of aryl methyl sites for hydroxylation is 1. The average Bonchev–Trinajstić information content (AvgIpc) is 2.62. The van der Waals surface area contributed by atoms with Crippen LogP contribution in [0.15, 0.2) is 54.6 Å². The molecule has 1 saturated heterocycles. The van der Waals surface area contributed by atoms with Gasteiger partial charge in [-0.15, -0.1) is 0 Å². The lowest BCUT2D eigenvalue weighted by Crippen LogP contribution is -2.47. The number of piperidine rings is 1. The predicted octanol–water partition coefficient (Wildman–Crippen LogP) is 2.99. The van der Waals surface area contributed by atoms with Crippen molar-refractivity contribution in [2.45, 2.75) is 31.7 Å². The summed E-state index contributed by atoms with van der Waals surface area (Å²) in [5.41, 5.74) is 8.97. The van der Waals surface area contributed by atoms with Crippen LogP contribution in [0.4, 0.5) is 11.4 Å². The number of hydrogen-bond acceptors (Lipinski definition) is 3. The van der Waals surface area contributed by atoms with Crippen LogP contribution in [-0.2, 0) is 11.2 Å². The van der Waals surface area contributed by atoms with Crippen molar-refractivity contribution < 1.29 is 4.79 Å². The van der Waals surface area contributed by atoms with E-state index in [-0.39, 0.29) is 11.9 Å². The van der Waals surface area contributed by atoms with E-state index in [9.17, 15) is 4.79 Å². The summed E-state index contributed by atoms with van der Waals surface area (Å²) in [4.78, 5) is 14.6. The number of nitrogen functional groups attached to an aromatic ring is 1. The van der Waals surface area contributed by atoms with Crippen LogP contribution >= 0.6 is 0 Å². The minimum atomic E-state index is 0.109. The van der Waals surface area contributed by atoms with Crippen LogP contribution in [0.1, 0.15) is 24.8 Å². The molecule has 24 heavy (non-hydrogen) atoms. The van der Waals surface area contributed by atoms with Crippen molar-refractivity contribution in [1.82, 2.24) is 5.32 Å². The van der Waals surface area contributed by atoms with Crippen LogP contribution in [0.3, 0.4) is 0 Å². The molecule has 4 nitrogen and oxygen atoms in total. The number of carbonyl (C=O) groups excluding carboxylic acids is 1. The van der Waals surface area contributed by atoms with Gasteiger partial charge in [0.05, 0.1) is 0 Å². The van der Waals surface area contributed by atoms with Crippen molar-refractivity contribution in [3.05, 3.63) is 60.2 Å². The molecule has 0 saturated carbocycles. The van der Waals surface area contributed by atoms with Crippen molar-refractivity contribution in [1.29, 1.82) is 0 Å². The summed E-state index contributed by atoms with van der Waals surface area (Å²) in [6.45, 7) is 1.93. The second-order valence-electron chi connectivity index (χ2n) is 6.39. The third kappa shape index (κ3) is 4.28. The number of amides is 1. The van der Waals surface area contributed by atoms with Gasteiger partial charge in [0, 0.05) is 36.9 Å². The zero-order valence-electron chi connectivity index (χ0n) is 13.9. The smallest absolute Gasteiger partial charge is 0.220 e. The lowest BCUT2D eigenvalue weighted by atomic mass is 10.0. The number of nitrogens with zero attached hydrogens (tertiary/aromatic N) is 1. The third-order valence-electron chi connectivity index (χ3n) is 4.58. The lowest BCUT2D eigenvalue weighted by molar-refractivity contribution is -0.121. The van der Waals surface area contributed by atoms with Gasteiger partial charge in [0.2, 0.25) is 5.91 Å². The molecule has 1 fully saturated rings. The summed E-state index contributed by atoms with van der Waals surface area (Å²) in [5, 5.41) is 3.19. The van der Waals surface area contributed by atoms with Gasteiger partial charge in [0.1, 0.15) is 0 Å². The van der Waals surface area contributed by atoms with E-state index >= 15 is 0 Å². The zero-order valence-corrected chi connectivity index (χ0v) is 13.9. The standard InChI is InChI=1S/C20H25N3O/c21-19-11-5-4-7-16(19)12-13-20(24)22-17-8-6-14-23(15-17)18-9-2-1-3-10-18/h1-5,7,9-11,17H,6,8,12-15,21H2,(H,22,24). The zero-order chi connectivity index (χ0) is 16.8. The van der Waals surface area contributed by atoms with Gasteiger partial charge >= 0.3 is 0 Å². The second kappa shape index (κ2) is 7.86. The highest BCUT2D eigenvalue weighted by Gasteiger charge is 2.21. The summed E-state index contributed by atoms with van der Waals surface area (Å²) in [6, 6.07) is 18.4. The Bertz CT molecular complexity index is 672. The molecule has 0 aromatic heterocycles. The number of nitrogens with one attached hydrogen (secondary N) is 1. The van der Waals surface area contributed by atoms with Crippen LogP contribution in [-0.4, -0.2) is 25.0 Å². The van der Waals surface area contributed by atoms with Gasteiger partial charge in [-0.2, -0.15) is 0 Å². The van der Waals surface area contributed by atoms with Crippen molar-refractivity contribution >= 4 is 17.3 Å². The first-order chi connectivity index (χ1) is 11.7. The van der Waals surface area contributed by atoms with Gasteiger partial charge in [-0.3, -0.25) is 4.79 Å². The summed E-state index contributed by atoms with van der Waals surface area (Å²) in [5.74, 6) is 0.109. The van der Waals surface area contributed by atoms with Gasteiger partial charge < -0.3 is 16.0 Å².